The van der Waals surface area contributed by atoms with Gasteiger partial charge in [-0.05, 0) is 31.2 Å². The van der Waals surface area contributed by atoms with E-state index in [1.807, 2.05) is 4.40 Å². The number of methoxy groups -OCH3 is 1. The minimum absolute atomic E-state index is 0.219. The number of hydrogen-bond donors (Lipinski definition) is 0. The number of carbonyl (C=O) groups excluding carboxylic acids is 1. The highest BCUT2D eigenvalue weighted by atomic mass is 32.2. The van der Waals surface area contributed by atoms with Crippen LogP contribution >= 0.6 is 23.1 Å². The summed E-state index contributed by atoms with van der Waals surface area (Å²) in [6.45, 7) is 0. The number of thiophene rings is 1. The predicted molar refractivity (Wildman–Crippen MR) is 85.5 cm³/mol. The SMILES string of the molecule is COC(=O)CSc1nnc2c3c4c(sc3ncn12)CCCC4. The lowest BCUT2D eigenvalue weighted by molar-refractivity contribution is -0.137. The predicted octanol–water partition coefficient (Wildman–Crippen LogP) is 2.48. The van der Waals surface area contributed by atoms with E-state index >= 15 is 0 Å². The van der Waals surface area contributed by atoms with E-state index in [-0.39, 0.29) is 11.7 Å². The van der Waals surface area contributed by atoms with Gasteiger partial charge in [0.1, 0.15) is 11.2 Å². The van der Waals surface area contributed by atoms with Crippen molar-refractivity contribution in [1.82, 2.24) is 19.6 Å². The molecule has 3 heterocycles. The topological polar surface area (TPSA) is 69.4 Å². The number of hydrogen-bond acceptors (Lipinski definition) is 7. The van der Waals surface area contributed by atoms with Crippen LogP contribution in [0, 0.1) is 0 Å². The van der Waals surface area contributed by atoms with Crippen molar-refractivity contribution in [2.24, 2.45) is 0 Å². The van der Waals surface area contributed by atoms with Crippen LogP contribution in [0.2, 0.25) is 0 Å². The fourth-order valence-corrected chi connectivity index (χ4v) is 4.78. The Kier molecular flexibility index (Phi) is 3.50. The molecule has 1 aliphatic rings. The quantitative estimate of drug-likeness (QED) is 0.541. The van der Waals surface area contributed by atoms with E-state index in [9.17, 15) is 4.79 Å². The van der Waals surface area contributed by atoms with E-state index in [1.54, 1.807) is 17.7 Å². The van der Waals surface area contributed by atoms with E-state index in [2.05, 4.69) is 19.9 Å². The van der Waals surface area contributed by atoms with Crippen molar-refractivity contribution < 1.29 is 9.53 Å². The Balaban J connectivity index is 1.81. The van der Waals surface area contributed by atoms with Crippen LogP contribution in [-0.4, -0.2) is 38.4 Å². The zero-order chi connectivity index (χ0) is 15.1. The Morgan fingerprint density at radius 2 is 2.27 bits per heavy atom. The van der Waals surface area contributed by atoms with Crippen LogP contribution in [0.3, 0.4) is 0 Å². The molecule has 0 fully saturated rings. The molecular weight excluding hydrogens is 320 g/mol. The van der Waals surface area contributed by atoms with Gasteiger partial charge in [0, 0.05) is 4.88 Å². The summed E-state index contributed by atoms with van der Waals surface area (Å²) in [7, 11) is 1.38. The molecule has 3 aromatic rings. The molecule has 4 rings (SSSR count). The molecule has 0 bridgehead atoms. The van der Waals surface area contributed by atoms with Gasteiger partial charge >= 0.3 is 5.97 Å². The van der Waals surface area contributed by atoms with Gasteiger partial charge in [0.2, 0.25) is 0 Å². The van der Waals surface area contributed by atoms with Gasteiger partial charge in [-0.25, -0.2) is 4.98 Å². The molecule has 0 aliphatic heterocycles. The first kappa shape index (κ1) is 14.0. The van der Waals surface area contributed by atoms with Crippen LogP contribution in [0.1, 0.15) is 23.3 Å². The molecule has 114 valence electrons. The molecule has 0 radical (unpaired) electrons. The second-order valence-electron chi connectivity index (χ2n) is 5.18. The highest BCUT2D eigenvalue weighted by molar-refractivity contribution is 7.99. The van der Waals surface area contributed by atoms with Crippen LogP contribution in [0.25, 0.3) is 15.9 Å². The average Bonchev–Trinajstić information content (AvgIpc) is 3.12. The van der Waals surface area contributed by atoms with Gasteiger partial charge in [-0.15, -0.1) is 21.5 Å². The van der Waals surface area contributed by atoms with Crippen molar-refractivity contribution in [2.75, 3.05) is 12.9 Å². The second-order valence-corrected chi connectivity index (χ2v) is 7.20. The summed E-state index contributed by atoms with van der Waals surface area (Å²) in [4.78, 5) is 18.3. The molecule has 0 spiro atoms. The molecule has 0 N–H and O–H groups in total. The number of esters is 1. The van der Waals surface area contributed by atoms with Crippen LogP contribution in [0.15, 0.2) is 11.5 Å². The van der Waals surface area contributed by atoms with Crippen LogP contribution in [0.4, 0.5) is 0 Å². The van der Waals surface area contributed by atoms with E-state index < -0.39 is 0 Å². The average molecular weight is 334 g/mol. The molecular formula is C14H14N4O2S2. The first-order valence-electron chi connectivity index (χ1n) is 7.11. The number of thioether (sulfide) groups is 1. The van der Waals surface area contributed by atoms with Gasteiger partial charge in [-0.1, -0.05) is 11.8 Å². The zero-order valence-electron chi connectivity index (χ0n) is 12.0. The van der Waals surface area contributed by atoms with Gasteiger partial charge in [-0.3, -0.25) is 9.20 Å². The molecule has 3 aromatic heterocycles. The monoisotopic (exact) mass is 334 g/mol. The maximum Gasteiger partial charge on any atom is 0.316 e. The van der Waals surface area contributed by atoms with Crippen molar-refractivity contribution in [3.8, 4) is 0 Å². The van der Waals surface area contributed by atoms with E-state index in [0.717, 1.165) is 28.7 Å². The van der Waals surface area contributed by atoms with Gasteiger partial charge < -0.3 is 4.74 Å². The zero-order valence-corrected chi connectivity index (χ0v) is 13.7. The molecule has 0 amide bonds. The van der Waals surface area contributed by atoms with Crippen molar-refractivity contribution in [3.05, 3.63) is 16.8 Å². The third-order valence-electron chi connectivity index (χ3n) is 3.88. The van der Waals surface area contributed by atoms with Gasteiger partial charge in [0.25, 0.3) is 0 Å². The highest BCUT2D eigenvalue weighted by Crippen LogP contribution is 2.37. The van der Waals surface area contributed by atoms with Crippen molar-refractivity contribution in [1.29, 1.82) is 0 Å². The van der Waals surface area contributed by atoms with Crippen LogP contribution < -0.4 is 0 Å². The third-order valence-corrected chi connectivity index (χ3v) is 5.99. The van der Waals surface area contributed by atoms with Gasteiger partial charge in [0.05, 0.1) is 18.2 Å². The summed E-state index contributed by atoms with van der Waals surface area (Å²) >= 11 is 3.09. The van der Waals surface area contributed by atoms with Crippen molar-refractivity contribution in [3.63, 3.8) is 0 Å². The molecule has 22 heavy (non-hydrogen) atoms. The number of aromatic nitrogens is 4. The lowest BCUT2D eigenvalue weighted by Gasteiger charge is -2.10. The van der Waals surface area contributed by atoms with E-state index in [4.69, 9.17) is 0 Å². The smallest absolute Gasteiger partial charge is 0.316 e. The Morgan fingerprint density at radius 1 is 1.41 bits per heavy atom. The second kappa shape index (κ2) is 5.51. The molecule has 0 unspecified atom stereocenters. The summed E-state index contributed by atoms with van der Waals surface area (Å²) in [6, 6.07) is 0. The lowest BCUT2D eigenvalue weighted by Crippen LogP contribution is -2.04. The standard InChI is InChI=1S/C14H14N4O2S2/c1-20-10(19)6-21-14-17-16-12-11-8-4-2-3-5-9(8)22-13(11)15-7-18(12)14/h7H,2-6H2,1H3. The summed E-state index contributed by atoms with van der Waals surface area (Å²) in [6.07, 6.45) is 6.45. The van der Waals surface area contributed by atoms with Crippen LogP contribution in [0.5, 0.6) is 0 Å². The number of fused-ring (bicyclic) bond motifs is 5. The molecule has 0 saturated heterocycles. The maximum atomic E-state index is 11.3. The van der Waals surface area contributed by atoms with Gasteiger partial charge in [0.15, 0.2) is 10.8 Å². The van der Waals surface area contributed by atoms with Gasteiger partial charge in [-0.2, -0.15) is 0 Å². The fourth-order valence-electron chi connectivity index (χ4n) is 2.82. The number of ether oxygens (including phenoxy) is 1. The normalized spacial score (nSPS) is 14.4. The Hall–Kier alpha value is -1.67. The minimum Gasteiger partial charge on any atom is -0.468 e. The molecule has 0 atom stereocenters. The molecule has 0 saturated carbocycles. The Bertz CT molecular complexity index is 871. The van der Waals surface area contributed by atoms with E-state index in [1.165, 1.54) is 42.2 Å². The first-order chi connectivity index (χ1) is 10.8. The van der Waals surface area contributed by atoms with Crippen LogP contribution in [-0.2, 0) is 22.4 Å². The summed E-state index contributed by atoms with van der Waals surface area (Å²) in [5.74, 6) is -0.0550. The van der Waals surface area contributed by atoms with Crippen molar-refractivity contribution in [2.45, 2.75) is 30.8 Å². The number of rotatable bonds is 3. The Morgan fingerprint density at radius 3 is 3.14 bits per heavy atom. The number of aryl methyl sites for hydroxylation is 2. The largest absolute Gasteiger partial charge is 0.468 e. The summed E-state index contributed by atoms with van der Waals surface area (Å²) in [5, 5.41) is 10.4. The van der Waals surface area contributed by atoms with Crippen molar-refractivity contribution >= 4 is 44.9 Å². The lowest BCUT2D eigenvalue weighted by atomic mass is 9.97. The van der Waals surface area contributed by atoms with E-state index in [0.29, 0.717) is 5.16 Å². The number of nitrogens with zero attached hydrogens (tertiary/aromatic N) is 4. The molecule has 1 aliphatic carbocycles. The first-order valence-corrected chi connectivity index (χ1v) is 8.91. The summed E-state index contributed by atoms with van der Waals surface area (Å²) in [5.41, 5.74) is 2.23. The maximum absolute atomic E-state index is 11.3. The molecule has 6 nitrogen and oxygen atoms in total. The molecule has 8 heteroatoms. The summed E-state index contributed by atoms with van der Waals surface area (Å²) < 4.78 is 6.53. The molecule has 0 aromatic carbocycles. The Labute approximate surface area is 134 Å². The third kappa shape index (κ3) is 2.17. The number of carbonyl (C=O) groups is 1. The highest BCUT2D eigenvalue weighted by Gasteiger charge is 2.21. The fraction of sp³-hybridized carbons (Fsp3) is 0.429. The minimum atomic E-state index is -0.274.